The normalized spacial score (nSPS) is 10.3. The number of halogens is 6. The van der Waals surface area contributed by atoms with Crippen LogP contribution in [0.3, 0.4) is 0 Å². The fourth-order valence-electron chi connectivity index (χ4n) is 9.14. The van der Waals surface area contributed by atoms with Crippen LogP contribution in [0.15, 0.2) is 194 Å². The molecule has 0 aliphatic heterocycles. The van der Waals surface area contributed by atoms with Gasteiger partial charge in [-0.05, 0) is 137 Å². The Balaban J connectivity index is 0.000000167. The third kappa shape index (κ3) is 18.1. The van der Waals surface area contributed by atoms with Crippen molar-refractivity contribution in [3.8, 4) is 65.9 Å². The SMILES string of the molecule is C=CCn1ccnc1-c1sc(C)cc1-c1ccc(Cl)cc1Cl.CC#CC(=O)OCC.CCOC(=O)c1c(C)nn2ccccc12.Cc1nn2ccccc2c1-c1cc(-c2ccc(Cl)cc2Cl)c(-c2ncc[nH]2)s1.Cc1nn2ccccc2c1Br.N[n+]1ccccc1.[I-]. The lowest BCUT2D eigenvalue weighted by atomic mass is 10.0. The molecule has 11 aromatic heterocycles. The number of hydrogen-bond donors (Lipinski definition) is 2. The molecule has 0 radical (unpaired) electrons. The maximum absolute atomic E-state index is 11.7. The number of esters is 2. The summed E-state index contributed by atoms with van der Waals surface area (Å²) in [5.41, 5.74) is 11.3. The van der Waals surface area contributed by atoms with E-state index < -0.39 is 5.97 Å². The molecule has 92 heavy (non-hydrogen) atoms. The molecule has 0 spiro atoms. The molecule has 0 saturated heterocycles. The summed E-state index contributed by atoms with van der Waals surface area (Å²) in [4.78, 5) is 38.6. The van der Waals surface area contributed by atoms with Crippen molar-refractivity contribution in [1.82, 2.24) is 48.4 Å². The number of nitrogen functional groups attached to an aromatic ring is 1. The minimum absolute atomic E-state index is 0. The minimum Gasteiger partial charge on any atom is -1.00 e. The molecule has 13 rings (SSSR count). The molecule has 13 aromatic rings. The van der Waals surface area contributed by atoms with Gasteiger partial charge in [0.2, 0.25) is 0 Å². The third-order valence-electron chi connectivity index (χ3n) is 13.0. The van der Waals surface area contributed by atoms with E-state index in [-0.39, 0.29) is 29.9 Å². The Kier molecular flexibility index (Phi) is 26.8. The summed E-state index contributed by atoms with van der Waals surface area (Å²) in [6.07, 6.45) is 18.5. The van der Waals surface area contributed by atoms with Gasteiger partial charge in [0.25, 0.3) is 0 Å². The molecule has 0 unspecified atom stereocenters. The van der Waals surface area contributed by atoms with Crippen molar-refractivity contribution in [3.05, 3.63) is 242 Å². The zero-order chi connectivity index (χ0) is 65.1. The summed E-state index contributed by atoms with van der Waals surface area (Å²) in [6.45, 7) is 18.3. The number of aromatic nitrogens is 11. The first-order valence-corrected chi connectivity index (χ1v) is 32.1. The number of aromatic amines is 1. The maximum Gasteiger partial charge on any atom is 0.384 e. The molecule has 0 saturated carbocycles. The van der Waals surface area contributed by atoms with Crippen LogP contribution in [0, 0.1) is 39.5 Å². The van der Waals surface area contributed by atoms with Gasteiger partial charge >= 0.3 is 11.9 Å². The first kappa shape index (κ1) is 71.3. The van der Waals surface area contributed by atoms with Crippen molar-refractivity contribution in [1.29, 1.82) is 0 Å². The second kappa shape index (κ2) is 34.5. The van der Waals surface area contributed by atoms with Gasteiger partial charge in [0.15, 0.2) is 18.2 Å². The second-order valence-electron chi connectivity index (χ2n) is 19.4. The number of thiophene rings is 2. The van der Waals surface area contributed by atoms with Gasteiger partial charge in [-0.15, -0.1) is 29.3 Å². The number of nitrogens with one attached hydrogen (secondary N) is 1. The zero-order valence-electron chi connectivity index (χ0n) is 50.9. The lowest BCUT2D eigenvalue weighted by molar-refractivity contribution is -0.638. The average Bonchev–Trinajstić information content (AvgIpc) is 1.62. The van der Waals surface area contributed by atoms with Crippen molar-refractivity contribution >= 4 is 113 Å². The summed E-state index contributed by atoms with van der Waals surface area (Å²) in [6, 6.07) is 38.8. The molecule has 0 aliphatic rings. The molecule has 0 amide bonds. The number of nitrogens with zero attached hydrogens (tertiary/aromatic N) is 10. The monoisotopic (exact) mass is 1520 g/mol. The van der Waals surface area contributed by atoms with Crippen LogP contribution in [0.5, 0.6) is 0 Å². The summed E-state index contributed by atoms with van der Waals surface area (Å²) in [5, 5.41) is 15.7. The lowest BCUT2D eigenvalue weighted by Gasteiger charge is -2.08. The highest BCUT2D eigenvalue weighted by atomic mass is 127. The number of benzene rings is 2. The van der Waals surface area contributed by atoms with Gasteiger partial charge in [0, 0.05) is 126 Å². The van der Waals surface area contributed by atoms with E-state index >= 15 is 0 Å². The second-order valence-corrected chi connectivity index (χ2v) is 24.2. The number of hydrogen-bond acceptors (Lipinski definition) is 12. The number of pyridine rings is 4. The zero-order valence-corrected chi connectivity index (χ0v) is 59.3. The number of ether oxygens (including phenoxy) is 2. The summed E-state index contributed by atoms with van der Waals surface area (Å²) >= 11 is 31.9. The topological polar surface area (TPSA) is 181 Å². The van der Waals surface area contributed by atoms with E-state index in [9.17, 15) is 9.59 Å². The molecule has 11 heterocycles. The molecular formula is C68H62BrCl4IN12O4S2. The van der Waals surface area contributed by atoms with E-state index in [4.69, 9.17) is 57.0 Å². The number of nitrogens with two attached hydrogens (primary N) is 1. The minimum atomic E-state index is -0.449. The number of H-pyrrole nitrogens is 1. The molecule has 3 N–H and O–H groups in total. The van der Waals surface area contributed by atoms with E-state index in [2.05, 4.69) is 99.0 Å². The van der Waals surface area contributed by atoms with Crippen LogP contribution in [-0.4, -0.2) is 73.5 Å². The number of carbonyl (C=O) groups excluding carboxylic acids is 2. The molecule has 472 valence electrons. The van der Waals surface area contributed by atoms with Gasteiger partial charge in [-0.2, -0.15) is 15.3 Å². The number of rotatable bonds is 10. The van der Waals surface area contributed by atoms with Gasteiger partial charge < -0.3 is 43.0 Å². The van der Waals surface area contributed by atoms with Crippen molar-refractivity contribution in [2.75, 3.05) is 19.1 Å². The Labute approximate surface area is 586 Å². The molecule has 24 heteroatoms. The molecule has 0 bridgehead atoms. The maximum atomic E-state index is 11.7. The smallest absolute Gasteiger partial charge is 0.384 e. The first-order chi connectivity index (χ1) is 43.9. The summed E-state index contributed by atoms with van der Waals surface area (Å²) < 4.78 is 19.6. The van der Waals surface area contributed by atoms with Crippen molar-refractivity contribution < 1.29 is 47.7 Å². The average molecular weight is 1520 g/mol. The molecule has 0 fully saturated rings. The number of aryl methyl sites for hydroxylation is 4. The number of imidazole rings is 2. The molecule has 16 nitrogen and oxygen atoms in total. The van der Waals surface area contributed by atoms with Crippen LogP contribution in [0.25, 0.3) is 70.6 Å². The van der Waals surface area contributed by atoms with E-state index in [1.165, 1.54) is 9.55 Å². The Bertz CT molecular complexity index is 4680. The molecule has 0 aliphatic carbocycles. The van der Waals surface area contributed by atoms with E-state index in [1.807, 2.05) is 151 Å². The predicted octanol–water partition coefficient (Wildman–Crippen LogP) is 14.3. The Morgan fingerprint density at radius 1 is 0.674 bits per heavy atom. The molecule has 0 atom stereocenters. The third-order valence-corrected chi connectivity index (χ3v) is 17.3. The highest BCUT2D eigenvalue weighted by Crippen LogP contribution is 2.46. The lowest BCUT2D eigenvalue weighted by Crippen LogP contribution is -3.00. The van der Waals surface area contributed by atoms with Crippen LogP contribution >= 0.6 is 85.0 Å². The van der Waals surface area contributed by atoms with Gasteiger partial charge in [0.1, 0.15) is 11.4 Å². The van der Waals surface area contributed by atoms with Crippen LogP contribution in [-0.2, 0) is 20.8 Å². The van der Waals surface area contributed by atoms with Gasteiger partial charge in [-0.3, -0.25) is 0 Å². The largest absolute Gasteiger partial charge is 1.00 e. The van der Waals surface area contributed by atoms with Crippen molar-refractivity contribution in [3.63, 3.8) is 0 Å². The molecular weight excluding hydrogens is 1460 g/mol. The van der Waals surface area contributed by atoms with Gasteiger partial charge in [-0.25, -0.2) is 38.9 Å². The standard InChI is InChI=1S/C21H14Cl2N4S.C17H14Cl2N2S.C11H12N2O2.C8H7BrN2.C6H8O2.C5H7N2.HI/c1-12-19(17-4-2-3-9-27(17)26-12)18-11-15(14-6-5-13(22)10-16(14)23)20(28-18)21-24-7-8-25-21;1-3-7-21-8-6-20-17(21)16-14(9-11(2)22-16)13-5-4-12(18)10-15(13)19;1-3-15-11(14)10-8(2)12-13-7-5-4-6-9(10)13;1-6-8(9)7-4-2-3-5-11(7)10-6;1-3-5-6(7)8-4-2;6-7-4-2-1-3-5-7;/h2-11H,1H3,(H,24,25);3-6,8-10H,1,7H2,2H3;4-7H,3H2,1-2H3;2-5H,1H3;4H2,1-2H3;1-5H,6H2;1H/q;;;;;+1;/p-1. The summed E-state index contributed by atoms with van der Waals surface area (Å²) in [7, 11) is 0. The fourth-order valence-corrected chi connectivity index (χ4v) is 12.8. The van der Waals surface area contributed by atoms with E-state index in [0.717, 1.165) is 93.1 Å². The van der Waals surface area contributed by atoms with Crippen LogP contribution in [0.2, 0.25) is 20.1 Å². The van der Waals surface area contributed by atoms with Crippen LogP contribution in [0.4, 0.5) is 0 Å². The van der Waals surface area contributed by atoms with Crippen molar-refractivity contribution in [2.24, 2.45) is 0 Å². The Morgan fingerprint density at radius 3 is 1.80 bits per heavy atom. The van der Waals surface area contributed by atoms with E-state index in [0.29, 0.717) is 44.6 Å². The quantitative estimate of drug-likeness (QED) is 0.0254. The summed E-state index contributed by atoms with van der Waals surface area (Å²) in [5.74, 6) is 10.9. The first-order valence-electron chi connectivity index (χ1n) is 28.2. The van der Waals surface area contributed by atoms with E-state index in [1.54, 1.807) is 91.8 Å². The van der Waals surface area contributed by atoms with Gasteiger partial charge in [0.05, 0.1) is 61.1 Å². The predicted molar refractivity (Wildman–Crippen MR) is 373 cm³/mol. The Hall–Kier alpha value is -8.11. The van der Waals surface area contributed by atoms with Crippen LogP contribution in [0.1, 0.15) is 53.1 Å². The van der Waals surface area contributed by atoms with Gasteiger partial charge in [-0.1, -0.05) is 99.5 Å². The fraction of sp³-hybridized carbons (Fsp3) is 0.147. The highest BCUT2D eigenvalue weighted by molar-refractivity contribution is 9.10. The van der Waals surface area contributed by atoms with Crippen molar-refractivity contribution in [2.45, 2.75) is 55.0 Å². The number of allylic oxidation sites excluding steroid dienone is 1. The Morgan fingerprint density at radius 2 is 1.25 bits per heavy atom. The number of fused-ring (bicyclic) bond motifs is 3. The van der Waals surface area contributed by atoms with Crippen LogP contribution < -0.4 is 34.5 Å². The molecule has 2 aromatic carbocycles. The number of carbonyl (C=O) groups is 2. The highest BCUT2D eigenvalue weighted by Gasteiger charge is 2.23.